The molecule has 164 valence electrons. The van der Waals surface area contributed by atoms with Crippen molar-refractivity contribution in [2.75, 3.05) is 44.6 Å². The Kier molecular flexibility index (Phi) is 6.74. The summed E-state index contributed by atoms with van der Waals surface area (Å²) in [5.74, 6) is 2.50. The molecule has 5 rings (SSSR count). The number of anilines is 1. The van der Waals surface area contributed by atoms with Gasteiger partial charge in [-0.25, -0.2) is 4.79 Å². The number of urea groups is 1. The van der Waals surface area contributed by atoms with E-state index in [0.717, 1.165) is 17.8 Å². The molecular formula is C24H36N4O2. The number of likely N-dealkylation sites (tertiary alicyclic amines) is 1. The van der Waals surface area contributed by atoms with Crippen LogP contribution in [0.2, 0.25) is 0 Å². The minimum absolute atomic E-state index is 0.0283. The molecule has 30 heavy (non-hydrogen) atoms. The van der Waals surface area contributed by atoms with Crippen molar-refractivity contribution >= 4 is 17.5 Å². The molecule has 2 N–H and O–H groups in total. The molecule has 1 aromatic carbocycles. The highest BCUT2D eigenvalue weighted by Crippen LogP contribution is 2.37. The van der Waals surface area contributed by atoms with Crippen LogP contribution >= 0.6 is 0 Å². The molecular weight excluding hydrogens is 376 g/mol. The number of rotatable bonds is 6. The molecule has 1 unspecified atom stereocenters. The van der Waals surface area contributed by atoms with E-state index in [-0.39, 0.29) is 11.8 Å². The van der Waals surface area contributed by atoms with Gasteiger partial charge in [-0.3, -0.25) is 9.69 Å². The van der Waals surface area contributed by atoms with Crippen LogP contribution in [0.15, 0.2) is 24.3 Å². The second kappa shape index (κ2) is 9.48. The lowest BCUT2D eigenvalue weighted by molar-refractivity contribution is -0.0142. The van der Waals surface area contributed by atoms with Gasteiger partial charge in [0.2, 0.25) is 0 Å². The summed E-state index contributed by atoms with van der Waals surface area (Å²) >= 11 is 0. The number of benzene rings is 1. The minimum Gasteiger partial charge on any atom is -0.336 e. The Balaban J connectivity index is 1.21. The maximum Gasteiger partial charge on any atom is 0.319 e. The van der Waals surface area contributed by atoms with Crippen LogP contribution in [0.4, 0.5) is 10.5 Å². The Morgan fingerprint density at radius 2 is 1.80 bits per heavy atom. The number of fused-ring (bicyclic) bond motifs is 3. The molecule has 6 nitrogen and oxygen atoms in total. The van der Waals surface area contributed by atoms with Crippen molar-refractivity contribution in [3.63, 3.8) is 0 Å². The Morgan fingerprint density at radius 3 is 2.43 bits per heavy atom. The van der Waals surface area contributed by atoms with Gasteiger partial charge in [0.25, 0.3) is 0 Å². The minimum atomic E-state index is -0.174. The Morgan fingerprint density at radius 1 is 1.07 bits per heavy atom. The van der Waals surface area contributed by atoms with Gasteiger partial charge in [-0.05, 0) is 94.3 Å². The molecule has 0 saturated carbocycles. The Bertz CT molecular complexity index is 742. The maximum absolute atomic E-state index is 12.3. The first-order valence-electron chi connectivity index (χ1n) is 11.6. The zero-order valence-corrected chi connectivity index (χ0v) is 18.4. The van der Waals surface area contributed by atoms with Crippen molar-refractivity contribution < 1.29 is 9.59 Å². The van der Waals surface area contributed by atoms with Crippen molar-refractivity contribution in [1.29, 1.82) is 0 Å². The molecule has 2 bridgehead atoms. The van der Waals surface area contributed by atoms with Crippen LogP contribution in [0.1, 0.15) is 49.9 Å². The van der Waals surface area contributed by atoms with E-state index in [9.17, 15) is 9.59 Å². The largest absolute Gasteiger partial charge is 0.336 e. The van der Waals surface area contributed by atoms with Gasteiger partial charge in [0.05, 0.1) is 0 Å². The molecule has 0 spiro atoms. The highest BCUT2D eigenvalue weighted by Gasteiger charge is 2.40. The fourth-order valence-electron chi connectivity index (χ4n) is 5.42. The van der Waals surface area contributed by atoms with Gasteiger partial charge < -0.3 is 15.5 Å². The molecule has 6 heteroatoms. The summed E-state index contributed by atoms with van der Waals surface area (Å²) in [5.41, 5.74) is 1.36. The number of hydrogen-bond acceptors (Lipinski definition) is 4. The predicted molar refractivity (Wildman–Crippen MR) is 120 cm³/mol. The molecule has 0 aliphatic carbocycles. The maximum atomic E-state index is 12.3. The highest BCUT2D eigenvalue weighted by atomic mass is 16.2. The number of carbonyl (C=O) groups is 2. The van der Waals surface area contributed by atoms with Crippen molar-refractivity contribution in [3.8, 4) is 0 Å². The zero-order chi connectivity index (χ0) is 21.1. The summed E-state index contributed by atoms with van der Waals surface area (Å²) in [6.07, 6.45) is 5.20. The van der Waals surface area contributed by atoms with Crippen LogP contribution in [0, 0.1) is 17.8 Å². The molecule has 4 fully saturated rings. The van der Waals surface area contributed by atoms with E-state index >= 15 is 0 Å². The number of Topliss-reactive ketones (excluding diaryl/α,β-unsaturated/α-hetero) is 1. The molecule has 0 radical (unpaired) electrons. The number of ketones is 1. The van der Waals surface area contributed by atoms with Gasteiger partial charge in [0.15, 0.2) is 5.78 Å². The zero-order valence-electron chi connectivity index (χ0n) is 18.4. The van der Waals surface area contributed by atoms with E-state index in [1.165, 1.54) is 58.4 Å². The van der Waals surface area contributed by atoms with Gasteiger partial charge in [-0.1, -0.05) is 6.92 Å². The second-order valence-corrected chi connectivity index (χ2v) is 9.64. The SMILES string of the molecule is CC(=O)c1ccc(NC(=O)NC[C@H]2C[C@@H]3CCN2C[C@@H]3CN2CCC(C)CC2)cc1. The first-order valence-corrected chi connectivity index (χ1v) is 11.6. The summed E-state index contributed by atoms with van der Waals surface area (Å²) in [4.78, 5) is 29.0. The fraction of sp³-hybridized carbons (Fsp3) is 0.667. The highest BCUT2D eigenvalue weighted by molar-refractivity contribution is 5.95. The summed E-state index contributed by atoms with van der Waals surface area (Å²) < 4.78 is 0. The van der Waals surface area contributed by atoms with Crippen molar-refractivity contribution in [2.45, 2.75) is 45.6 Å². The Hall–Kier alpha value is -1.92. The third kappa shape index (κ3) is 5.22. The Labute approximate surface area is 180 Å². The molecule has 4 atom stereocenters. The summed E-state index contributed by atoms with van der Waals surface area (Å²) in [6, 6.07) is 7.31. The van der Waals surface area contributed by atoms with E-state index < -0.39 is 0 Å². The second-order valence-electron chi connectivity index (χ2n) is 9.64. The first kappa shape index (κ1) is 21.3. The van der Waals surface area contributed by atoms with E-state index in [2.05, 4.69) is 27.4 Å². The van der Waals surface area contributed by atoms with Crippen molar-refractivity contribution in [3.05, 3.63) is 29.8 Å². The number of amides is 2. The van der Waals surface area contributed by atoms with E-state index in [1.807, 2.05) is 0 Å². The molecule has 4 heterocycles. The number of nitrogens with one attached hydrogen (secondary N) is 2. The van der Waals surface area contributed by atoms with Crippen molar-refractivity contribution in [2.24, 2.45) is 17.8 Å². The number of nitrogens with zero attached hydrogens (tertiary/aromatic N) is 2. The smallest absolute Gasteiger partial charge is 0.319 e. The van der Waals surface area contributed by atoms with Gasteiger partial charge in [0.1, 0.15) is 0 Å². The average molecular weight is 413 g/mol. The van der Waals surface area contributed by atoms with Gasteiger partial charge >= 0.3 is 6.03 Å². The number of hydrogen-bond donors (Lipinski definition) is 2. The van der Waals surface area contributed by atoms with Crippen LogP contribution in [-0.2, 0) is 0 Å². The summed E-state index contributed by atoms with van der Waals surface area (Å²) in [7, 11) is 0. The summed E-state index contributed by atoms with van der Waals surface area (Å²) in [6.45, 7) is 10.7. The van der Waals surface area contributed by atoms with E-state index in [1.54, 1.807) is 31.2 Å². The van der Waals surface area contributed by atoms with Crippen LogP contribution in [-0.4, -0.2) is 66.9 Å². The fourth-order valence-corrected chi connectivity index (χ4v) is 5.42. The molecule has 4 aliphatic rings. The lowest BCUT2D eigenvalue weighted by Gasteiger charge is -2.51. The van der Waals surface area contributed by atoms with Crippen LogP contribution in [0.5, 0.6) is 0 Å². The molecule has 1 aromatic rings. The van der Waals surface area contributed by atoms with Gasteiger partial charge in [-0.2, -0.15) is 0 Å². The third-order valence-corrected chi connectivity index (χ3v) is 7.43. The lowest BCUT2D eigenvalue weighted by atomic mass is 9.75. The topological polar surface area (TPSA) is 64.7 Å². The first-order chi connectivity index (χ1) is 14.5. The molecule has 4 aliphatic heterocycles. The molecule has 4 saturated heterocycles. The van der Waals surface area contributed by atoms with Crippen LogP contribution < -0.4 is 10.6 Å². The third-order valence-electron chi connectivity index (χ3n) is 7.43. The van der Waals surface area contributed by atoms with Crippen molar-refractivity contribution in [1.82, 2.24) is 15.1 Å². The number of piperidine rings is 4. The van der Waals surface area contributed by atoms with Gasteiger partial charge in [0, 0.05) is 36.9 Å². The van der Waals surface area contributed by atoms with Gasteiger partial charge in [-0.15, -0.1) is 0 Å². The molecule has 2 amide bonds. The predicted octanol–water partition coefficient (Wildman–Crippen LogP) is 3.45. The van der Waals surface area contributed by atoms with Crippen LogP contribution in [0.3, 0.4) is 0 Å². The van der Waals surface area contributed by atoms with E-state index in [0.29, 0.717) is 23.8 Å². The monoisotopic (exact) mass is 412 g/mol. The summed E-state index contributed by atoms with van der Waals surface area (Å²) in [5, 5.41) is 5.93. The quantitative estimate of drug-likeness (QED) is 0.703. The lowest BCUT2D eigenvalue weighted by Crippen LogP contribution is -2.58. The normalized spacial score (nSPS) is 29.5. The number of carbonyl (C=O) groups excluding carboxylic acids is 2. The molecule has 0 aromatic heterocycles. The average Bonchev–Trinajstić information content (AvgIpc) is 2.75. The van der Waals surface area contributed by atoms with Crippen LogP contribution in [0.25, 0.3) is 0 Å². The standard InChI is InChI=1S/C24H36N4O2/c1-17-7-10-27(11-8-17)15-21-16-28-12-9-20(21)13-23(28)14-25-24(30)26-22-5-3-19(4-6-22)18(2)29/h3-6,17,20-21,23H,7-16H2,1-2H3,(H2,25,26,30)/t20-,21-,23+/m0/s1. The van der Waals surface area contributed by atoms with E-state index in [4.69, 9.17) is 0 Å².